The molecular weight excluding hydrogens is 298 g/mol. The van der Waals surface area contributed by atoms with Gasteiger partial charge in [0.2, 0.25) is 0 Å². The summed E-state index contributed by atoms with van der Waals surface area (Å²) in [5.74, 6) is 0.688. The zero-order valence-electron chi connectivity index (χ0n) is 12.9. The van der Waals surface area contributed by atoms with Gasteiger partial charge in [0.15, 0.2) is 5.84 Å². The molecule has 0 spiro atoms. The van der Waals surface area contributed by atoms with E-state index in [1.807, 2.05) is 84.9 Å². The van der Waals surface area contributed by atoms with Crippen LogP contribution in [0.2, 0.25) is 0 Å². The van der Waals surface area contributed by atoms with Crippen molar-refractivity contribution >= 4 is 22.6 Å². The van der Waals surface area contributed by atoms with Gasteiger partial charge >= 0.3 is 0 Å². The first kappa shape index (κ1) is 14.1. The number of benzene rings is 3. The van der Waals surface area contributed by atoms with E-state index in [4.69, 9.17) is 0 Å². The summed E-state index contributed by atoms with van der Waals surface area (Å²) in [5, 5.41) is 13.1. The lowest BCUT2D eigenvalue weighted by atomic mass is 10.2. The number of fused-ring (bicyclic) bond motifs is 1. The number of para-hydroxylation sites is 2. The van der Waals surface area contributed by atoms with Gasteiger partial charge in [0.25, 0.3) is 0 Å². The molecule has 4 aromatic rings. The summed E-state index contributed by atoms with van der Waals surface area (Å²) in [6.45, 7) is 0. The summed E-state index contributed by atoms with van der Waals surface area (Å²) in [4.78, 5) is 0. The Bertz CT molecular complexity index is 974. The molecular formula is C19H15N5. The van der Waals surface area contributed by atoms with Gasteiger partial charge in [-0.05, 0) is 24.3 Å². The number of nitrogens with zero attached hydrogens (tertiary/aromatic N) is 4. The monoisotopic (exact) mass is 313 g/mol. The van der Waals surface area contributed by atoms with Gasteiger partial charge in [-0.25, -0.2) is 0 Å². The maximum atomic E-state index is 4.58. The first-order valence-corrected chi connectivity index (χ1v) is 7.67. The van der Waals surface area contributed by atoms with Gasteiger partial charge in [-0.15, -0.1) is 5.10 Å². The summed E-state index contributed by atoms with van der Waals surface area (Å²) >= 11 is 0. The first-order valence-electron chi connectivity index (χ1n) is 7.67. The van der Waals surface area contributed by atoms with Crippen molar-refractivity contribution in [3.8, 4) is 0 Å². The van der Waals surface area contributed by atoms with Crippen LogP contribution < -0.4 is 5.43 Å². The fourth-order valence-corrected chi connectivity index (χ4v) is 2.48. The van der Waals surface area contributed by atoms with Crippen LogP contribution >= 0.6 is 0 Å². The maximum absolute atomic E-state index is 4.58. The molecule has 0 aliphatic heterocycles. The number of aromatic nitrogens is 3. The van der Waals surface area contributed by atoms with E-state index < -0.39 is 0 Å². The van der Waals surface area contributed by atoms with Crippen molar-refractivity contribution in [2.75, 3.05) is 5.43 Å². The Morgan fingerprint density at radius 1 is 0.792 bits per heavy atom. The van der Waals surface area contributed by atoms with Gasteiger partial charge in [-0.2, -0.15) is 9.78 Å². The molecule has 24 heavy (non-hydrogen) atoms. The van der Waals surface area contributed by atoms with E-state index in [9.17, 15) is 0 Å². The molecule has 0 radical (unpaired) electrons. The van der Waals surface area contributed by atoms with E-state index in [0.29, 0.717) is 5.84 Å². The highest BCUT2D eigenvalue weighted by Crippen LogP contribution is 2.14. The number of nitrogens with one attached hydrogen (secondary N) is 1. The van der Waals surface area contributed by atoms with Crippen molar-refractivity contribution < 1.29 is 0 Å². The number of anilines is 1. The van der Waals surface area contributed by atoms with Crippen LogP contribution in [-0.4, -0.2) is 20.8 Å². The maximum Gasteiger partial charge on any atom is 0.182 e. The molecule has 1 aromatic heterocycles. The number of hydrazone groups is 1. The minimum atomic E-state index is 0.688. The Morgan fingerprint density at radius 2 is 1.46 bits per heavy atom. The summed E-state index contributed by atoms with van der Waals surface area (Å²) in [7, 11) is 0. The molecule has 116 valence electrons. The van der Waals surface area contributed by atoms with Gasteiger partial charge in [-0.1, -0.05) is 65.9 Å². The molecule has 0 unspecified atom stereocenters. The lowest BCUT2D eigenvalue weighted by molar-refractivity contribution is 0.859. The van der Waals surface area contributed by atoms with Crippen LogP contribution in [0.3, 0.4) is 0 Å². The van der Waals surface area contributed by atoms with E-state index in [0.717, 1.165) is 22.3 Å². The second-order valence-corrected chi connectivity index (χ2v) is 5.27. The third kappa shape index (κ3) is 2.75. The second kappa shape index (κ2) is 6.34. The Labute approximate surface area is 139 Å². The standard InChI is InChI=1S/C19H15N5/c1-3-9-15(10-4-1)19(22-20-16-11-5-2-6-12-16)24-18-14-8-7-13-17(18)21-23-24/h1-14,20H. The number of hydrogen-bond donors (Lipinski definition) is 1. The van der Waals surface area contributed by atoms with Crippen molar-refractivity contribution in [1.82, 2.24) is 15.0 Å². The summed E-state index contributed by atoms with van der Waals surface area (Å²) in [6, 6.07) is 27.6. The van der Waals surface area contributed by atoms with E-state index in [1.165, 1.54) is 0 Å². The number of hydrogen-bond acceptors (Lipinski definition) is 4. The van der Waals surface area contributed by atoms with Crippen LogP contribution in [0.15, 0.2) is 90.0 Å². The minimum absolute atomic E-state index is 0.688. The van der Waals surface area contributed by atoms with Crippen LogP contribution in [0.4, 0.5) is 5.69 Å². The summed E-state index contributed by atoms with van der Waals surface area (Å²) in [5.41, 5.74) is 6.71. The summed E-state index contributed by atoms with van der Waals surface area (Å²) in [6.07, 6.45) is 0. The van der Waals surface area contributed by atoms with Crippen LogP contribution in [0.1, 0.15) is 5.56 Å². The van der Waals surface area contributed by atoms with E-state index in [2.05, 4.69) is 20.8 Å². The van der Waals surface area contributed by atoms with Gasteiger partial charge in [0.05, 0.1) is 11.2 Å². The zero-order chi connectivity index (χ0) is 16.2. The van der Waals surface area contributed by atoms with Gasteiger partial charge in [-0.3, -0.25) is 5.43 Å². The molecule has 0 amide bonds. The largest absolute Gasteiger partial charge is 0.276 e. The van der Waals surface area contributed by atoms with Crippen molar-refractivity contribution in [3.05, 3.63) is 90.5 Å². The quantitative estimate of drug-likeness (QED) is 0.356. The van der Waals surface area contributed by atoms with Gasteiger partial charge < -0.3 is 0 Å². The molecule has 0 saturated carbocycles. The van der Waals surface area contributed by atoms with Crippen molar-refractivity contribution in [1.29, 1.82) is 0 Å². The first-order chi connectivity index (χ1) is 11.9. The van der Waals surface area contributed by atoms with Crippen molar-refractivity contribution in [2.24, 2.45) is 5.10 Å². The molecule has 0 aliphatic rings. The smallest absolute Gasteiger partial charge is 0.182 e. The van der Waals surface area contributed by atoms with Gasteiger partial charge in [0, 0.05) is 5.56 Å². The molecule has 1 N–H and O–H groups in total. The average molecular weight is 313 g/mol. The fraction of sp³-hybridized carbons (Fsp3) is 0. The normalized spacial score (nSPS) is 11.6. The van der Waals surface area contributed by atoms with Gasteiger partial charge in [0.1, 0.15) is 5.52 Å². The predicted octanol–water partition coefficient (Wildman–Crippen LogP) is 3.75. The lowest BCUT2D eigenvalue weighted by Crippen LogP contribution is -2.17. The second-order valence-electron chi connectivity index (χ2n) is 5.27. The molecule has 5 heteroatoms. The molecule has 0 fully saturated rings. The van der Waals surface area contributed by atoms with Crippen LogP contribution in [-0.2, 0) is 0 Å². The molecule has 1 heterocycles. The van der Waals surface area contributed by atoms with Crippen molar-refractivity contribution in [2.45, 2.75) is 0 Å². The molecule has 0 bridgehead atoms. The topological polar surface area (TPSA) is 55.1 Å². The third-order valence-corrected chi connectivity index (χ3v) is 3.65. The Hall–Kier alpha value is -3.47. The molecule has 3 aromatic carbocycles. The number of rotatable bonds is 3. The van der Waals surface area contributed by atoms with Crippen LogP contribution in [0.25, 0.3) is 11.0 Å². The highest BCUT2D eigenvalue weighted by molar-refractivity contribution is 6.04. The lowest BCUT2D eigenvalue weighted by Gasteiger charge is -2.08. The predicted molar refractivity (Wildman–Crippen MR) is 96.0 cm³/mol. The zero-order valence-corrected chi connectivity index (χ0v) is 12.9. The Morgan fingerprint density at radius 3 is 2.25 bits per heavy atom. The highest BCUT2D eigenvalue weighted by Gasteiger charge is 2.12. The van der Waals surface area contributed by atoms with Crippen LogP contribution in [0, 0.1) is 0 Å². The van der Waals surface area contributed by atoms with Crippen molar-refractivity contribution in [3.63, 3.8) is 0 Å². The van der Waals surface area contributed by atoms with E-state index in [1.54, 1.807) is 4.68 Å². The Kier molecular flexibility index (Phi) is 3.73. The van der Waals surface area contributed by atoms with E-state index >= 15 is 0 Å². The molecule has 5 nitrogen and oxygen atoms in total. The Balaban J connectivity index is 1.82. The van der Waals surface area contributed by atoms with Crippen LogP contribution in [0.5, 0.6) is 0 Å². The average Bonchev–Trinajstić information content (AvgIpc) is 3.08. The molecule has 0 atom stereocenters. The minimum Gasteiger partial charge on any atom is -0.276 e. The third-order valence-electron chi connectivity index (χ3n) is 3.65. The SMILES string of the molecule is c1ccc(NN=C(c2ccccc2)n2nnc3ccccc32)cc1. The highest BCUT2D eigenvalue weighted by atomic mass is 15.5. The summed E-state index contributed by atoms with van der Waals surface area (Å²) < 4.78 is 1.75. The molecule has 4 rings (SSSR count). The van der Waals surface area contributed by atoms with E-state index in [-0.39, 0.29) is 0 Å². The fourth-order valence-electron chi connectivity index (χ4n) is 2.48. The molecule has 0 aliphatic carbocycles. The molecule has 0 saturated heterocycles.